The van der Waals surface area contributed by atoms with Gasteiger partial charge in [0.1, 0.15) is 0 Å². The lowest BCUT2D eigenvalue weighted by Gasteiger charge is -2.34. The molecule has 0 saturated heterocycles. The van der Waals surface area contributed by atoms with Crippen LogP contribution in [0.25, 0.3) is 0 Å². The molecule has 2 atom stereocenters. The molecule has 2 N–H and O–H groups in total. The van der Waals surface area contributed by atoms with Crippen molar-refractivity contribution in [1.29, 1.82) is 0 Å². The van der Waals surface area contributed by atoms with Crippen LogP contribution >= 0.6 is 0 Å². The Hall–Kier alpha value is -1.07. The second-order valence-electron chi connectivity index (χ2n) is 4.92. The number of nitrogens with two attached hydrogens (primary N) is 1. The SMILES string of the molecule is CCC(C)(OC)C(N)c1ccc(C(F)(F)F)cc1C. The van der Waals surface area contributed by atoms with E-state index in [0.29, 0.717) is 17.5 Å². The Balaban J connectivity index is 3.16. The maximum absolute atomic E-state index is 12.6. The third kappa shape index (κ3) is 3.28. The summed E-state index contributed by atoms with van der Waals surface area (Å²) in [4.78, 5) is 0. The number of hydrogen-bond donors (Lipinski definition) is 1. The van der Waals surface area contributed by atoms with Gasteiger partial charge in [0, 0.05) is 7.11 Å². The quantitative estimate of drug-likeness (QED) is 0.906. The summed E-state index contributed by atoms with van der Waals surface area (Å²) in [7, 11) is 1.56. The summed E-state index contributed by atoms with van der Waals surface area (Å²) in [5.41, 5.74) is 6.11. The Morgan fingerprint density at radius 1 is 1.32 bits per heavy atom. The van der Waals surface area contributed by atoms with Crippen LogP contribution in [-0.4, -0.2) is 12.7 Å². The van der Waals surface area contributed by atoms with Gasteiger partial charge in [-0.05, 0) is 43.5 Å². The average Bonchev–Trinajstić information content (AvgIpc) is 2.35. The number of halogens is 3. The van der Waals surface area contributed by atoms with Crippen molar-refractivity contribution < 1.29 is 17.9 Å². The summed E-state index contributed by atoms with van der Waals surface area (Å²) in [6.45, 7) is 5.42. The normalized spacial score (nSPS) is 17.1. The summed E-state index contributed by atoms with van der Waals surface area (Å²) in [5, 5.41) is 0. The van der Waals surface area contributed by atoms with Crippen LogP contribution in [0.5, 0.6) is 0 Å². The molecular weight excluding hydrogens is 255 g/mol. The summed E-state index contributed by atoms with van der Waals surface area (Å²) in [5.74, 6) is 0. The molecule has 0 aliphatic rings. The van der Waals surface area contributed by atoms with Crippen LogP contribution in [0.4, 0.5) is 13.2 Å². The molecule has 1 aromatic carbocycles. The fourth-order valence-corrected chi connectivity index (χ4v) is 2.02. The van der Waals surface area contributed by atoms with Crippen molar-refractivity contribution in [3.05, 3.63) is 34.9 Å². The molecule has 0 radical (unpaired) electrons. The van der Waals surface area contributed by atoms with Crippen molar-refractivity contribution in [2.24, 2.45) is 5.73 Å². The second kappa shape index (κ2) is 5.51. The molecule has 0 aromatic heterocycles. The fraction of sp³-hybridized carbons (Fsp3) is 0.571. The van der Waals surface area contributed by atoms with Gasteiger partial charge in [-0.15, -0.1) is 0 Å². The van der Waals surface area contributed by atoms with E-state index in [1.807, 2.05) is 13.8 Å². The minimum atomic E-state index is -4.33. The first-order chi connectivity index (χ1) is 8.65. The van der Waals surface area contributed by atoms with Gasteiger partial charge in [-0.3, -0.25) is 0 Å². The van der Waals surface area contributed by atoms with Crippen molar-refractivity contribution in [3.63, 3.8) is 0 Å². The van der Waals surface area contributed by atoms with Gasteiger partial charge in [0.2, 0.25) is 0 Å². The molecule has 2 nitrogen and oxygen atoms in total. The van der Waals surface area contributed by atoms with E-state index in [9.17, 15) is 13.2 Å². The molecule has 0 bridgehead atoms. The Bertz CT molecular complexity index is 439. The average molecular weight is 275 g/mol. The lowest BCUT2D eigenvalue weighted by Crippen LogP contribution is -2.40. The van der Waals surface area contributed by atoms with Crippen molar-refractivity contribution >= 4 is 0 Å². The summed E-state index contributed by atoms with van der Waals surface area (Å²) < 4.78 is 43.2. The minimum Gasteiger partial charge on any atom is -0.377 e. The van der Waals surface area contributed by atoms with Crippen LogP contribution in [0.1, 0.15) is 43.0 Å². The van der Waals surface area contributed by atoms with Crippen molar-refractivity contribution in [2.45, 2.75) is 45.0 Å². The molecule has 2 unspecified atom stereocenters. The molecule has 0 spiro atoms. The second-order valence-corrected chi connectivity index (χ2v) is 4.92. The van der Waals surface area contributed by atoms with E-state index < -0.39 is 23.4 Å². The zero-order chi connectivity index (χ0) is 14.8. The van der Waals surface area contributed by atoms with Crippen LogP contribution in [0.2, 0.25) is 0 Å². The molecule has 1 rings (SSSR count). The highest BCUT2D eigenvalue weighted by atomic mass is 19.4. The molecule has 5 heteroatoms. The third-order valence-electron chi connectivity index (χ3n) is 3.76. The van der Waals surface area contributed by atoms with Gasteiger partial charge in [0.25, 0.3) is 0 Å². The molecular formula is C14H20F3NO. The van der Waals surface area contributed by atoms with Gasteiger partial charge in [-0.1, -0.05) is 13.0 Å². The number of rotatable bonds is 4. The van der Waals surface area contributed by atoms with Gasteiger partial charge in [0.05, 0.1) is 17.2 Å². The number of hydrogen-bond acceptors (Lipinski definition) is 2. The maximum Gasteiger partial charge on any atom is 0.416 e. The van der Waals surface area contributed by atoms with E-state index in [-0.39, 0.29) is 0 Å². The van der Waals surface area contributed by atoms with Gasteiger partial charge >= 0.3 is 6.18 Å². The Morgan fingerprint density at radius 3 is 2.26 bits per heavy atom. The number of alkyl halides is 3. The highest BCUT2D eigenvalue weighted by Gasteiger charge is 2.34. The Kier molecular flexibility index (Phi) is 4.63. The van der Waals surface area contributed by atoms with Crippen LogP contribution in [0.15, 0.2) is 18.2 Å². The van der Waals surface area contributed by atoms with Crippen molar-refractivity contribution in [1.82, 2.24) is 0 Å². The first kappa shape index (κ1) is 16.0. The van der Waals surface area contributed by atoms with Crippen molar-refractivity contribution in [3.8, 4) is 0 Å². The van der Waals surface area contributed by atoms with Gasteiger partial charge in [0.15, 0.2) is 0 Å². The third-order valence-corrected chi connectivity index (χ3v) is 3.76. The van der Waals surface area contributed by atoms with Crippen molar-refractivity contribution in [2.75, 3.05) is 7.11 Å². The van der Waals surface area contributed by atoms with Gasteiger partial charge in [-0.2, -0.15) is 13.2 Å². The molecule has 108 valence electrons. The zero-order valence-electron chi connectivity index (χ0n) is 11.6. The van der Waals surface area contributed by atoms with E-state index in [1.54, 1.807) is 14.0 Å². The molecule has 1 aromatic rings. The predicted octanol–water partition coefficient (Wildman–Crippen LogP) is 3.83. The summed E-state index contributed by atoms with van der Waals surface area (Å²) >= 11 is 0. The minimum absolute atomic E-state index is 0.468. The molecule has 0 aliphatic heterocycles. The van der Waals surface area contributed by atoms with E-state index in [4.69, 9.17) is 10.5 Å². The Labute approximate surface area is 111 Å². The van der Waals surface area contributed by atoms with E-state index >= 15 is 0 Å². The molecule has 0 fully saturated rings. The highest BCUT2D eigenvalue weighted by Crippen LogP contribution is 2.35. The lowest BCUT2D eigenvalue weighted by atomic mass is 9.86. The number of aryl methyl sites for hydroxylation is 1. The van der Waals surface area contributed by atoms with E-state index in [2.05, 4.69) is 0 Å². The highest BCUT2D eigenvalue weighted by molar-refractivity contribution is 5.35. The molecule has 0 saturated carbocycles. The Morgan fingerprint density at radius 2 is 1.89 bits per heavy atom. The molecule has 0 heterocycles. The molecule has 0 amide bonds. The van der Waals surface area contributed by atoms with Crippen LogP contribution < -0.4 is 5.73 Å². The lowest BCUT2D eigenvalue weighted by molar-refractivity contribution is -0.137. The zero-order valence-corrected chi connectivity index (χ0v) is 11.6. The summed E-state index contributed by atoms with van der Waals surface area (Å²) in [6, 6.07) is 3.16. The topological polar surface area (TPSA) is 35.2 Å². The fourth-order valence-electron chi connectivity index (χ4n) is 2.02. The maximum atomic E-state index is 12.6. The first-order valence-corrected chi connectivity index (χ1v) is 6.14. The monoisotopic (exact) mass is 275 g/mol. The van der Waals surface area contributed by atoms with Crippen LogP contribution in [0, 0.1) is 6.92 Å². The molecule has 0 aliphatic carbocycles. The largest absolute Gasteiger partial charge is 0.416 e. The predicted molar refractivity (Wildman–Crippen MR) is 68.8 cm³/mol. The summed E-state index contributed by atoms with van der Waals surface area (Å²) in [6.07, 6.45) is -3.66. The van der Waals surface area contributed by atoms with Crippen LogP contribution in [0.3, 0.4) is 0 Å². The number of ether oxygens (including phenoxy) is 1. The smallest absolute Gasteiger partial charge is 0.377 e. The molecule has 19 heavy (non-hydrogen) atoms. The first-order valence-electron chi connectivity index (χ1n) is 6.14. The van der Waals surface area contributed by atoms with Crippen LogP contribution in [-0.2, 0) is 10.9 Å². The number of methoxy groups -OCH3 is 1. The van der Waals surface area contributed by atoms with Gasteiger partial charge < -0.3 is 10.5 Å². The van der Waals surface area contributed by atoms with E-state index in [1.165, 1.54) is 6.07 Å². The van der Waals surface area contributed by atoms with E-state index in [0.717, 1.165) is 12.1 Å². The number of benzene rings is 1. The standard InChI is InChI=1S/C14H20F3NO/c1-5-13(3,19-4)12(18)11-7-6-10(8-9(11)2)14(15,16)17/h6-8,12H,5,18H2,1-4H3. The van der Waals surface area contributed by atoms with Gasteiger partial charge in [-0.25, -0.2) is 0 Å².